The first-order chi connectivity index (χ1) is 15.5. The van der Waals surface area contributed by atoms with E-state index in [2.05, 4.69) is 5.10 Å². The number of primary amides is 1. The summed E-state index contributed by atoms with van der Waals surface area (Å²) < 4.78 is 15.2. The van der Waals surface area contributed by atoms with E-state index >= 15 is 0 Å². The molecule has 1 fully saturated rings. The van der Waals surface area contributed by atoms with Gasteiger partial charge in [-0.05, 0) is 48.9 Å². The maximum absolute atomic E-state index is 13.4. The van der Waals surface area contributed by atoms with Crippen molar-refractivity contribution in [2.45, 2.75) is 6.42 Å². The molecule has 2 N–H and O–H groups in total. The third-order valence-corrected chi connectivity index (χ3v) is 5.41. The molecule has 3 amide bonds. The molecule has 0 radical (unpaired) electrons. The lowest BCUT2D eigenvalue weighted by molar-refractivity contribution is -0.125. The maximum Gasteiger partial charge on any atom is 0.314 e. The van der Waals surface area contributed by atoms with Gasteiger partial charge in [-0.3, -0.25) is 4.79 Å². The van der Waals surface area contributed by atoms with Gasteiger partial charge in [0.05, 0.1) is 11.4 Å². The molecule has 0 atom stereocenters. The zero-order valence-electron chi connectivity index (χ0n) is 17.5. The van der Waals surface area contributed by atoms with Crippen molar-refractivity contribution in [2.24, 2.45) is 5.73 Å². The second-order valence-electron chi connectivity index (χ2n) is 7.56. The van der Waals surface area contributed by atoms with Crippen molar-refractivity contribution in [2.75, 3.05) is 26.2 Å². The molecule has 1 aliphatic rings. The van der Waals surface area contributed by atoms with Crippen LogP contribution in [0.3, 0.4) is 0 Å². The Morgan fingerprint density at radius 3 is 2.34 bits per heavy atom. The number of carbonyl (C=O) groups is 2. The summed E-state index contributed by atoms with van der Waals surface area (Å²) in [6.45, 7) is 1.95. The number of hydrogen-bond donors (Lipinski definition) is 1. The first-order valence-electron chi connectivity index (χ1n) is 10.4. The first kappa shape index (κ1) is 21.3. The highest BCUT2D eigenvalue weighted by molar-refractivity contribution is 5.93. The summed E-state index contributed by atoms with van der Waals surface area (Å²) in [5.41, 5.74) is 8.37. The zero-order valence-corrected chi connectivity index (χ0v) is 17.5. The van der Waals surface area contributed by atoms with E-state index < -0.39 is 6.03 Å². The Morgan fingerprint density at radius 2 is 1.62 bits per heavy atom. The summed E-state index contributed by atoms with van der Waals surface area (Å²) in [6, 6.07) is 15.3. The molecule has 0 spiro atoms. The van der Waals surface area contributed by atoms with E-state index in [0.717, 1.165) is 16.8 Å². The number of amides is 3. The van der Waals surface area contributed by atoms with E-state index in [4.69, 9.17) is 5.73 Å². The quantitative estimate of drug-likeness (QED) is 0.641. The van der Waals surface area contributed by atoms with Gasteiger partial charge in [-0.1, -0.05) is 18.2 Å². The molecule has 8 heteroatoms. The zero-order chi connectivity index (χ0) is 22.5. The lowest BCUT2D eigenvalue weighted by Gasteiger charge is -2.19. The number of hydrogen-bond acceptors (Lipinski definition) is 3. The monoisotopic (exact) mass is 433 g/mol. The Balaban J connectivity index is 1.59. The molecule has 32 heavy (non-hydrogen) atoms. The molecule has 1 aromatic heterocycles. The van der Waals surface area contributed by atoms with Gasteiger partial charge in [0.25, 0.3) is 0 Å². The minimum Gasteiger partial charge on any atom is -0.351 e. The summed E-state index contributed by atoms with van der Waals surface area (Å²) in [4.78, 5) is 27.5. The third-order valence-electron chi connectivity index (χ3n) is 5.41. The van der Waals surface area contributed by atoms with Crippen LogP contribution in [-0.2, 0) is 4.79 Å². The Bertz CT molecular complexity index is 1130. The van der Waals surface area contributed by atoms with Crippen molar-refractivity contribution in [1.82, 2.24) is 19.6 Å². The molecule has 3 aromatic rings. The number of nitrogens with zero attached hydrogens (tertiary/aromatic N) is 4. The number of aromatic nitrogens is 2. The van der Waals surface area contributed by atoms with Crippen molar-refractivity contribution in [3.63, 3.8) is 0 Å². The largest absolute Gasteiger partial charge is 0.351 e. The summed E-state index contributed by atoms with van der Waals surface area (Å²) in [7, 11) is 0. The summed E-state index contributed by atoms with van der Waals surface area (Å²) in [5.74, 6) is -0.469. The lowest BCUT2D eigenvalue weighted by atomic mass is 10.1. The number of urea groups is 1. The molecule has 0 aliphatic carbocycles. The highest BCUT2D eigenvalue weighted by atomic mass is 19.1. The Hall–Kier alpha value is -3.94. The average Bonchev–Trinajstić information content (AvgIpc) is 3.06. The second kappa shape index (κ2) is 9.47. The Labute approximate surface area is 185 Å². The van der Waals surface area contributed by atoms with E-state index in [-0.39, 0.29) is 11.7 Å². The number of nitrogens with two attached hydrogens (primary N) is 1. The highest BCUT2D eigenvalue weighted by Crippen LogP contribution is 2.25. The van der Waals surface area contributed by atoms with E-state index in [9.17, 15) is 14.0 Å². The normalized spacial score (nSPS) is 14.5. The van der Waals surface area contributed by atoms with Crippen LogP contribution < -0.4 is 5.73 Å². The van der Waals surface area contributed by atoms with Crippen LogP contribution in [-0.4, -0.2) is 57.7 Å². The predicted octanol–water partition coefficient (Wildman–Crippen LogP) is 3.30. The number of rotatable bonds is 4. The fourth-order valence-corrected chi connectivity index (χ4v) is 3.68. The molecule has 2 heterocycles. The van der Waals surface area contributed by atoms with Gasteiger partial charge >= 0.3 is 6.03 Å². The minimum atomic E-state index is -0.466. The molecule has 2 aromatic carbocycles. The first-order valence-corrected chi connectivity index (χ1v) is 10.4. The predicted molar refractivity (Wildman–Crippen MR) is 120 cm³/mol. The molecule has 1 saturated heterocycles. The molecule has 4 rings (SSSR count). The smallest absolute Gasteiger partial charge is 0.314 e. The molecule has 7 nitrogen and oxygen atoms in total. The van der Waals surface area contributed by atoms with Crippen LogP contribution in [0.5, 0.6) is 0 Å². The van der Waals surface area contributed by atoms with Crippen molar-refractivity contribution < 1.29 is 14.0 Å². The Morgan fingerprint density at radius 1 is 0.938 bits per heavy atom. The topological polar surface area (TPSA) is 84.5 Å². The third kappa shape index (κ3) is 4.85. The van der Waals surface area contributed by atoms with Crippen molar-refractivity contribution >= 4 is 18.0 Å². The summed E-state index contributed by atoms with van der Waals surface area (Å²) in [6.07, 6.45) is 5.76. The number of carbonyl (C=O) groups excluding carboxylic acids is 2. The van der Waals surface area contributed by atoms with Gasteiger partial charge in [0, 0.05) is 49.6 Å². The van der Waals surface area contributed by atoms with E-state index in [0.29, 0.717) is 38.3 Å². The number of benzene rings is 2. The van der Waals surface area contributed by atoms with Crippen LogP contribution >= 0.6 is 0 Å². The van der Waals surface area contributed by atoms with Gasteiger partial charge in [-0.2, -0.15) is 5.10 Å². The van der Waals surface area contributed by atoms with Gasteiger partial charge in [0.1, 0.15) is 5.82 Å². The van der Waals surface area contributed by atoms with Gasteiger partial charge in [-0.15, -0.1) is 0 Å². The van der Waals surface area contributed by atoms with Gasteiger partial charge in [-0.25, -0.2) is 13.9 Å². The molecule has 164 valence electrons. The second-order valence-corrected chi connectivity index (χ2v) is 7.56. The fraction of sp³-hybridized carbons (Fsp3) is 0.208. The van der Waals surface area contributed by atoms with Gasteiger partial charge in [0.15, 0.2) is 0 Å². The molecule has 0 unspecified atom stereocenters. The van der Waals surface area contributed by atoms with Gasteiger partial charge in [0.2, 0.25) is 5.91 Å². The van der Waals surface area contributed by atoms with E-state index in [1.165, 1.54) is 18.2 Å². The minimum absolute atomic E-state index is 0.145. The van der Waals surface area contributed by atoms with Crippen molar-refractivity contribution in [1.29, 1.82) is 0 Å². The van der Waals surface area contributed by atoms with Crippen LogP contribution in [0.15, 0.2) is 66.9 Å². The lowest BCUT2D eigenvalue weighted by Crippen LogP contribution is -2.39. The van der Waals surface area contributed by atoms with Crippen LogP contribution in [0.4, 0.5) is 9.18 Å². The molecule has 1 aliphatic heterocycles. The van der Waals surface area contributed by atoms with E-state index in [1.807, 2.05) is 36.5 Å². The maximum atomic E-state index is 13.4. The number of para-hydroxylation sites is 1. The standard InChI is InChI=1S/C24H24FN5O2/c25-20-10-7-18(8-11-20)23-19(17-30(27-23)21-5-2-1-3-6-21)9-12-22(31)28-13-4-14-29(16-15-28)24(26)32/h1-3,5-12,17H,4,13-16H2,(H2,26,32)/b12-9+. The van der Waals surface area contributed by atoms with Crippen LogP contribution in [0.25, 0.3) is 23.0 Å². The van der Waals surface area contributed by atoms with Crippen LogP contribution in [0.1, 0.15) is 12.0 Å². The summed E-state index contributed by atoms with van der Waals surface area (Å²) in [5, 5.41) is 4.68. The highest BCUT2D eigenvalue weighted by Gasteiger charge is 2.19. The van der Waals surface area contributed by atoms with Gasteiger partial charge < -0.3 is 15.5 Å². The average molecular weight is 433 g/mol. The SMILES string of the molecule is NC(=O)N1CCCN(C(=O)/C=C/c2cn(-c3ccccc3)nc2-c2ccc(F)cc2)CC1. The van der Waals surface area contributed by atoms with Crippen LogP contribution in [0, 0.1) is 5.82 Å². The number of halogens is 1. The van der Waals surface area contributed by atoms with Crippen molar-refractivity contribution in [3.05, 3.63) is 78.3 Å². The molecular formula is C24H24FN5O2. The molecular weight excluding hydrogens is 409 g/mol. The fourth-order valence-electron chi connectivity index (χ4n) is 3.68. The molecule has 0 saturated carbocycles. The molecule has 0 bridgehead atoms. The van der Waals surface area contributed by atoms with Crippen molar-refractivity contribution in [3.8, 4) is 16.9 Å². The summed E-state index contributed by atoms with van der Waals surface area (Å²) >= 11 is 0. The Kier molecular flexibility index (Phi) is 6.30. The van der Waals surface area contributed by atoms with Crippen LogP contribution in [0.2, 0.25) is 0 Å². The van der Waals surface area contributed by atoms with E-state index in [1.54, 1.807) is 32.7 Å².